The highest BCUT2D eigenvalue weighted by atomic mass is 16.5. The molecule has 0 saturated heterocycles. The number of esters is 1. The zero-order valence-corrected chi connectivity index (χ0v) is 11.1. The van der Waals surface area contributed by atoms with Gasteiger partial charge in [0.1, 0.15) is 0 Å². The third-order valence-electron chi connectivity index (χ3n) is 2.19. The molecule has 5 nitrogen and oxygen atoms in total. The molecule has 0 aliphatic carbocycles. The van der Waals surface area contributed by atoms with Crippen molar-refractivity contribution in [2.24, 2.45) is 0 Å². The summed E-state index contributed by atoms with van der Waals surface area (Å²) in [7, 11) is 1.52. The highest BCUT2D eigenvalue weighted by Crippen LogP contribution is 2.33. The number of nitrogens with two attached hydrogens (primary N) is 1. The van der Waals surface area contributed by atoms with Gasteiger partial charge in [-0.15, -0.1) is 0 Å². The number of hydrogen-bond acceptors (Lipinski definition) is 5. The summed E-state index contributed by atoms with van der Waals surface area (Å²) in [5.74, 6) is 0.505. The molecule has 1 aromatic rings. The molecular formula is C13H19NO4. The fourth-order valence-electron chi connectivity index (χ4n) is 1.47. The van der Waals surface area contributed by atoms with Gasteiger partial charge in [-0.25, -0.2) is 4.79 Å². The van der Waals surface area contributed by atoms with E-state index in [1.807, 2.05) is 13.8 Å². The van der Waals surface area contributed by atoms with E-state index in [0.29, 0.717) is 23.8 Å². The second-order valence-corrected chi connectivity index (χ2v) is 3.98. The van der Waals surface area contributed by atoms with Gasteiger partial charge >= 0.3 is 5.97 Å². The third kappa shape index (κ3) is 3.29. The van der Waals surface area contributed by atoms with E-state index >= 15 is 0 Å². The van der Waals surface area contributed by atoms with Crippen LogP contribution in [0, 0.1) is 0 Å². The van der Waals surface area contributed by atoms with Crippen LogP contribution in [0.3, 0.4) is 0 Å². The van der Waals surface area contributed by atoms with Crippen LogP contribution in [0.15, 0.2) is 12.1 Å². The van der Waals surface area contributed by atoms with Crippen molar-refractivity contribution in [3.8, 4) is 11.5 Å². The Hall–Kier alpha value is -1.91. The average Bonchev–Trinajstić information content (AvgIpc) is 2.30. The summed E-state index contributed by atoms with van der Waals surface area (Å²) < 4.78 is 15.7. The molecule has 18 heavy (non-hydrogen) atoms. The van der Waals surface area contributed by atoms with Crippen molar-refractivity contribution >= 4 is 11.7 Å². The molecule has 0 aliphatic heterocycles. The van der Waals surface area contributed by atoms with Gasteiger partial charge in [0.15, 0.2) is 11.5 Å². The molecule has 100 valence electrons. The van der Waals surface area contributed by atoms with Gasteiger partial charge in [-0.2, -0.15) is 0 Å². The summed E-state index contributed by atoms with van der Waals surface area (Å²) in [6, 6.07) is 3.11. The molecule has 0 atom stereocenters. The van der Waals surface area contributed by atoms with Crippen LogP contribution in [0.1, 0.15) is 31.1 Å². The van der Waals surface area contributed by atoms with E-state index in [-0.39, 0.29) is 11.7 Å². The zero-order chi connectivity index (χ0) is 13.7. The minimum atomic E-state index is -0.466. The number of rotatable bonds is 5. The van der Waals surface area contributed by atoms with Gasteiger partial charge in [0, 0.05) is 12.1 Å². The lowest BCUT2D eigenvalue weighted by atomic mass is 10.1. The van der Waals surface area contributed by atoms with Crippen LogP contribution in [0.5, 0.6) is 11.5 Å². The van der Waals surface area contributed by atoms with E-state index < -0.39 is 5.97 Å². The lowest BCUT2D eigenvalue weighted by Crippen LogP contribution is -2.11. The van der Waals surface area contributed by atoms with Crippen molar-refractivity contribution in [2.45, 2.75) is 26.9 Å². The molecule has 2 N–H and O–H groups in total. The molecule has 0 bridgehead atoms. The Bertz CT molecular complexity index is 429. The maximum atomic E-state index is 11.7. The van der Waals surface area contributed by atoms with E-state index in [1.165, 1.54) is 7.11 Å². The van der Waals surface area contributed by atoms with Crippen LogP contribution in [0.25, 0.3) is 0 Å². The van der Waals surface area contributed by atoms with Gasteiger partial charge in [-0.3, -0.25) is 0 Å². The molecule has 0 heterocycles. The van der Waals surface area contributed by atoms with E-state index in [2.05, 4.69) is 0 Å². The smallest absolute Gasteiger partial charge is 0.340 e. The van der Waals surface area contributed by atoms with Crippen molar-refractivity contribution in [1.29, 1.82) is 0 Å². The largest absolute Gasteiger partial charge is 0.493 e. The highest BCUT2D eigenvalue weighted by molar-refractivity contribution is 5.96. The standard InChI is InChI=1S/C13H19NO4/c1-5-17-13(15)9-6-12(18-8(2)3)11(16-4)7-10(9)14/h6-8H,5,14H2,1-4H3. The molecular weight excluding hydrogens is 234 g/mol. The first-order chi connectivity index (χ1) is 8.49. The molecule has 0 aliphatic rings. The van der Waals surface area contributed by atoms with Crippen molar-refractivity contribution in [3.63, 3.8) is 0 Å². The van der Waals surface area contributed by atoms with E-state index in [9.17, 15) is 4.79 Å². The Kier molecular flexibility index (Phi) is 4.83. The maximum Gasteiger partial charge on any atom is 0.340 e. The normalized spacial score (nSPS) is 10.3. The van der Waals surface area contributed by atoms with Crippen molar-refractivity contribution < 1.29 is 19.0 Å². The summed E-state index contributed by atoms with van der Waals surface area (Å²) in [6.45, 7) is 5.81. The predicted molar refractivity (Wildman–Crippen MR) is 69.1 cm³/mol. The highest BCUT2D eigenvalue weighted by Gasteiger charge is 2.17. The Balaban J connectivity index is 3.16. The predicted octanol–water partition coefficient (Wildman–Crippen LogP) is 2.24. The number of carbonyl (C=O) groups is 1. The molecule has 0 spiro atoms. The first-order valence-electron chi connectivity index (χ1n) is 5.80. The summed E-state index contributed by atoms with van der Waals surface area (Å²) in [5.41, 5.74) is 6.38. The quantitative estimate of drug-likeness (QED) is 0.643. The zero-order valence-electron chi connectivity index (χ0n) is 11.1. The Morgan fingerprint density at radius 2 is 2.00 bits per heavy atom. The Morgan fingerprint density at radius 1 is 1.33 bits per heavy atom. The number of ether oxygens (including phenoxy) is 3. The summed E-state index contributed by atoms with van der Waals surface area (Å²) in [4.78, 5) is 11.7. The lowest BCUT2D eigenvalue weighted by molar-refractivity contribution is 0.0527. The SMILES string of the molecule is CCOC(=O)c1cc(OC(C)C)c(OC)cc1N. The molecule has 0 saturated carbocycles. The minimum Gasteiger partial charge on any atom is -0.493 e. The molecule has 1 rings (SSSR count). The number of anilines is 1. The topological polar surface area (TPSA) is 70.8 Å². The Morgan fingerprint density at radius 3 is 2.50 bits per heavy atom. The number of carbonyl (C=O) groups excluding carboxylic acids is 1. The fraction of sp³-hybridized carbons (Fsp3) is 0.462. The van der Waals surface area contributed by atoms with Crippen LogP contribution in [-0.4, -0.2) is 25.8 Å². The van der Waals surface area contributed by atoms with Crippen LogP contribution in [0.4, 0.5) is 5.69 Å². The van der Waals surface area contributed by atoms with Crippen molar-refractivity contribution in [3.05, 3.63) is 17.7 Å². The monoisotopic (exact) mass is 253 g/mol. The van der Waals surface area contributed by atoms with Gasteiger partial charge in [-0.05, 0) is 20.8 Å². The molecule has 1 aromatic carbocycles. The molecule has 5 heteroatoms. The average molecular weight is 253 g/mol. The second kappa shape index (κ2) is 6.14. The first kappa shape index (κ1) is 14.2. The molecule has 0 aromatic heterocycles. The van der Waals surface area contributed by atoms with E-state index in [0.717, 1.165) is 0 Å². The van der Waals surface area contributed by atoms with Crippen LogP contribution in [-0.2, 0) is 4.74 Å². The maximum absolute atomic E-state index is 11.7. The molecule has 0 radical (unpaired) electrons. The molecule has 0 fully saturated rings. The number of nitrogen functional groups attached to an aromatic ring is 1. The van der Waals surface area contributed by atoms with Crippen LogP contribution >= 0.6 is 0 Å². The van der Waals surface area contributed by atoms with Gasteiger partial charge < -0.3 is 19.9 Å². The third-order valence-corrected chi connectivity index (χ3v) is 2.19. The van der Waals surface area contributed by atoms with Crippen LogP contribution < -0.4 is 15.2 Å². The fourth-order valence-corrected chi connectivity index (χ4v) is 1.47. The van der Waals surface area contributed by atoms with Gasteiger partial charge in [-0.1, -0.05) is 0 Å². The Labute approximate surface area is 107 Å². The molecule has 0 unspecified atom stereocenters. The number of hydrogen-bond donors (Lipinski definition) is 1. The van der Waals surface area contributed by atoms with Crippen molar-refractivity contribution in [1.82, 2.24) is 0 Å². The van der Waals surface area contributed by atoms with Gasteiger partial charge in [0.25, 0.3) is 0 Å². The molecule has 0 amide bonds. The van der Waals surface area contributed by atoms with E-state index in [4.69, 9.17) is 19.9 Å². The van der Waals surface area contributed by atoms with Crippen molar-refractivity contribution in [2.75, 3.05) is 19.5 Å². The summed E-state index contributed by atoms with van der Waals surface area (Å²) in [6.07, 6.45) is -0.0300. The summed E-state index contributed by atoms with van der Waals surface area (Å²) >= 11 is 0. The van der Waals surface area contributed by atoms with Crippen LogP contribution in [0.2, 0.25) is 0 Å². The van der Waals surface area contributed by atoms with Gasteiger partial charge in [0.2, 0.25) is 0 Å². The number of methoxy groups -OCH3 is 1. The number of benzene rings is 1. The van der Waals surface area contributed by atoms with Gasteiger partial charge in [0.05, 0.1) is 31.1 Å². The summed E-state index contributed by atoms with van der Waals surface area (Å²) in [5, 5.41) is 0. The lowest BCUT2D eigenvalue weighted by Gasteiger charge is -2.15. The minimum absolute atomic E-state index is 0.0300. The first-order valence-corrected chi connectivity index (χ1v) is 5.80. The second-order valence-electron chi connectivity index (χ2n) is 3.98. The van der Waals surface area contributed by atoms with E-state index in [1.54, 1.807) is 19.1 Å².